The number of halogens is 2. The van der Waals surface area contributed by atoms with Crippen LogP contribution in [-0.4, -0.2) is 56.9 Å². The van der Waals surface area contributed by atoms with Crippen LogP contribution in [0.15, 0.2) is 23.1 Å². The van der Waals surface area contributed by atoms with Crippen molar-refractivity contribution < 1.29 is 18.1 Å². The van der Waals surface area contributed by atoms with Gasteiger partial charge in [-0.3, -0.25) is 4.79 Å². The number of rotatable bonds is 4. The second kappa shape index (κ2) is 8.44. The van der Waals surface area contributed by atoms with Crippen LogP contribution in [0.5, 0.6) is 0 Å². The van der Waals surface area contributed by atoms with Crippen molar-refractivity contribution in [2.75, 3.05) is 32.7 Å². The molecule has 0 radical (unpaired) electrons. The summed E-state index contributed by atoms with van der Waals surface area (Å²) in [5.74, 6) is -0.0201. The largest absolute Gasteiger partial charge is 0.347 e. The van der Waals surface area contributed by atoms with E-state index in [2.05, 4.69) is 5.32 Å². The fraction of sp³-hybridized carbons (Fsp3) is 0.588. The summed E-state index contributed by atoms with van der Waals surface area (Å²) in [5.41, 5.74) is -0.272. The standard InChI is InChI=1S/C17H25Cl2N3O3S/c1-17(2,3)20-16(23)12-21-7-4-8-22(10-9-21)26(24,25)13-5-6-14(18)15(19)11-13/h5-6,11H,4,7-10,12H2,1-3H3,(H,20,23)/p+1. The Balaban J connectivity index is 2.03. The normalized spacial score (nSPS) is 19.8. The van der Waals surface area contributed by atoms with Crippen LogP contribution in [-0.2, 0) is 14.8 Å². The van der Waals surface area contributed by atoms with Crippen LogP contribution in [0.4, 0.5) is 0 Å². The van der Waals surface area contributed by atoms with E-state index in [4.69, 9.17) is 23.2 Å². The summed E-state index contributed by atoms with van der Waals surface area (Å²) in [6.07, 6.45) is 0.693. The maximum atomic E-state index is 12.9. The van der Waals surface area contributed by atoms with E-state index in [0.29, 0.717) is 37.6 Å². The molecule has 26 heavy (non-hydrogen) atoms. The molecule has 146 valence electrons. The Labute approximate surface area is 165 Å². The molecule has 1 aliphatic heterocycles. The fourth-order valence-corrected chi connectivity index (χ4v) is 4.79. The molecule has 1 fully saturated rings. The van der Waals surface area contributed by atoms with Crippen molar-refractivity contribution in [1.29, 1.82) is 0 Å². The lowest BCUT2D eigenvalue weighted by Crippen LogP contribution is -3.13. The number of nitrogens with zero attached hydrogens (tertiary/aromatic N) is 1. The number of nitrogens with one attached hydrogen (secondary N) is 2. The van der Waals surface area contributed by atoms with Gasteiger partial charge in [-0.05, 0) is 39.0 Å². The van der Waals surface area contributed by atoms with E-state index >= 15 is 0 Å². The molecule has 2 rings (SSSR count). The van der Waals surface area contributed by atoms with Crippen LogP contribution in [0.2, 0.25) is 10.0 Å². The Kier molecular flexibility index (Phi) is 6.96. The number of hydrogen-bond donors (Lipinski definition) is 2. The van der Waals surface area contributed by atoms with E-state index < -0.39 is 10.0 Å². The van der Waals surface area contributed by atoms with Crippen LogP contribution in [0.25, 0.3) is 0 Å². The first-order valence-corrected chi connectivity index (χ1v) is 10.8. The van der Waals surface area contributed by atoms with Crippen molar-refractivity contribution in [2.45, 2.75) is 37.6 Å². The van der Waals surface area contributed by atoms with Crippen LogP contribution >= 0.6 is 23.2 Å². The van der Waals surface area contributed by atoms with Gasteiger partial charge in [-0.1, -0.05) is 23.2 Å². The molecule has 0 aromatic heterocycles. The third kappa shape index (κ3) is 5.82. The summed E-state index contributed by atoms with van der Waals surface area (Å²) in [7, 11) is -3.63. The van der Waals surface area contributed by atoms with Crippen molar-refractivity contribution in [3.05, 3.63) is 28.2 Å². The Morgan fingerprint density at radius 3 is 2.50 bits per heavy atom. The molecule has 1 amide bonds. The monoisotopic (exact) mass is 422 g/mol. The van der Waals surface area contributed by atoms with E-state index in [0.717, 1.165) is 11.4 Å². The molecule has 0 saturated carbocycles. The lowest BCUT2D eigenvalue weighted by atomic mass is 10.1. The Bertz CT molecular complexity index is 763. The van der Waals surface area contributed by atoms with Gasteiger partial charge in [0.1, 0.15) is 0 Å². The zero-order chi connectivity index (χ0) is 19.5. The molecule has 0 aliphatic carbocycles. The summed E-state index contributed by atoms with van der Waals surface area (Å²) >= 11 is 11.8. The molecule has 1 aromatic carbocycles. The first kappa shape index (κ1) is 21.4. The predicted molar refractivity (Wildman–Crippen MR) is 103 cm³/mol. The first-order chi connectivity index (χ1) is 12.0. The van der Waals surface area contributed by atoms with Crippen molar-refractivity contribution in [2.24, 2.45) is 0 Å². The van der Waals surface area contributed by atoms with Crippen LogP contribution in [0.1, 0.15) is 27.2 Å². The summed E-state index contributed by atoms with van der Waals surface area (Å²) in [5, 5.41) is 3.48. The summed E-state index contributed by atoms with van der Waals surface area (Å²) in [4.78, 5) is 13.3. The number of carbonyl (C=O) groups is 1. The van der Waals surface area contributed by atoms with E-state index in [9.17, 15) is 13.2 Å². The first-order valence-electron chi connectivity index (χ1n) is 8.59. The smallest absolute Gasteiger partial charge is 0.275 e. The number of quaternary nitrogens is 1. The third-order valence-electron chi connectivity index (χ3n) is 4.11. The molecular weight excluding hydrogens is 397 g/mol. The van der Waals surface area contributed by atoms with Gasteiger partial charge in [0.25, 0.3) is 5.91 Å². The minimum Gasteiger partial charge on any atom is -0.347 e. The van der Waals surface area contributed by atoms with Gasteiger partial charge in [0.15, 0.2) is 6.54 Å². The molecule has 1 aliphatic rings. The van der Waals surface area contributed by atoms with Gasteiger partial charge in [-0.25, -0.2) is 8.42 Å². The highest BCUT2D eigenvalue weighted by Gasteiger charge is 2.29. The molecule has 9 heteroatoms. The number of benzene rings is 1. The fourth-order valence-electron chi connectivity index (χ4n) is 2.92. The molecule has 1 saturated heterocycles. The molecule has 2 N–H and O–H groups in total. The van der Waals surface area contributed by atoms with Gasteiger partial charge < -0.3 is 10.2 Å². The minimum atomic E-state index is -3.63. The zero-order valence-electron chi connectivity index (χ0n) is 15.3. The van der Waals surface area contributed by atoms with Gasteiger partial charge in [0.2, 0.25) is 10.0 Å². The molecule has 0 spiro atoms. The van der Waals surface area contributed by atoms with Crippen molar-refractivity contribution >= 4 is 39.1 Å². The topological polar surface area (TPSA) is 70.9 Å². The number of hydrogen-bond acceptors (Lipinski definition) is 3. The van der Waals surface area contributed by atoms with Gasteiger partial charge in [0, 0.05) is 18.5 Å². The second-order valence-electron chi connectivity index (χ2n) is 7.56. The molecule has 1 unspecified atom stereocenters. The Morgan fingerprint density at radius 2 is 1.88 bits per heavy atom. The summed E-state index contributed by atoms with van der Waals surface area (Å²) in [6.45, 7) is 8.28. The third-order valence-corrected chi connectivity index (χ3v) is 6.74. The van der Waals surface area contributed by atoms with E-state index in [1.165, 1.54) is 22.5 Å². The highest BCUT2D eigenvalue weighted by Crippen LogP contribution is 2.26. The number of carbonyl (C=O) groups excluding carboxylic acids is 1. The molecule has 6 nitrogen and oxygen atoms in total. The maximum absolute atomic E-state index is 12.9. The highest BCUT2D eigenvalue weighted by molar-refractivity contribution is 7.89. The number of sulfonamides is 1. The molecule has 1 aromatic rings. The van der Waals surface area contributed by atoms with Crippen molar-refractivity contribution in [3.63, 3.8) is 0 Å². The summed E-state index contributed by atoms with van der Waals surface area (Å²) < 4.78 is 27.2. The van der Waals surface area contributed by atoms with E-state index in [-0.39, 0.29) is 21.4 Å². The van der Waals surface area contributed by atoms with Gasteiger partial charge in [-0.2, -0.15) is 4.31 Å². The summed E-state index contributed by atoms with van der Waals surface area (Å²) in [6, 6.07) is 4.34. The van der Waals surface area contributed by atoms with Crippen LogP contribution in [0, 0.1) is 0 Å². The van der Waals surface area contributed by atoms with Crippen molar-refractivity contribution in [1.82, 2.24) is 9.62 Å². The quantitative estimate of drug-likeness (QED) is 0.765. The second-order valence-corrected chi connectivity index (χ2v) is 10.3. The van der Waals surface area contributed by atoms with Gasteiger partial charge in [0.05, 0.1) is 34.6 Å². The molecule has 0 bridgehead atoms. The molecule has 1 heterocycles. The van der Waals surface area contributed by atoms with Gasteiger partial charge in [-0.15, -0.1) is 0 Å². The lowest BCUT2D eigenvalue weighted by Gasteiger charge is -2.23. The highest BCUT2D eigenvalue weighted by atomic mass is 35.5. The minimum absolute atomic E-state index is 0.0201. The van der Waals surface area contributed by atoms with Crippen LogP contribution < -0.4 is 10.2 Å². The lowest BCUT2D eigenvalue weighted by molar-refractivity contribution is -0.889. The average Bonchev–Trinajstić information content (AvgIpc) is 2.74. The Morgan fingerprint density at radius 1 is 1.19 bits per heavy atom. The zero-order valence-corrected chi connectivity index (χ0v) is 17.6. The van der Waals surface area contributed by atoms with Gasteiger partial charge >= 0.3 is 0 Å². The van der Waals surface area contributed by atoms with E-state index in [1.807, 2.05) is 20.8 Å². The SMILES string of the molecule is CC(C)(C)NC(=O)C[NH+]1CCCN(S(=O)(=O)c2ccc(Cl)c(Cl)c2)CC1. The van der Waals surface area contributed by atoms with Crippen LogP contribution in [0.3, 0.4) is 0 Å². The predicted octanol–water partition coefficient (Wildman–Crippen LogP) is 1.19. The molecule has 1 atom stereocenters. The number of amides is 1. The average molecular weight is 423 g/mol. The Hall–Kier alpha value is -0.860. The molecular formula is C17H26Cl2N3O3S+. The van der Waals surface area contributed by atoms with Crippen molar-refractivity contribution in [3.8, 4) is 0 Å². The maximum Gasteiger partial charge on any atom is 0.275 e. The van der Waals surface area contributed by atoms with E-state index in [1.54, 1.807) is 0 Å².